The van der Waals surface area contributed by atoms with Crippen molar-refractivity contribution in [1.82, 2.24) is 9.97 Å². The molecule has 0 aliphatic heterocycles. The van der Waals surface area contributed by atoms with E-state index in [0.717, 1.165) is 29.6 Å². The summed E-state index contributed by atoms with van der Waals surface area (Å²) in [5, 5.41) is 5.99. The summed E-state index contributed by atoms with van der Waals surface area (Å²) in [4.78, 5) is 20.9. The first-order valence-electron chi connectivity index (χ1n) is 7.25. The normalized spacial score (nSPS) is 10.3. The van der Waals surface area contributed by atoms with Crippen LogP contribution in [-0.4, -0.2) is 22.4 Å². The van der Waals surface area contributed by atoms with Crippen LogP contribution in [0.15, 0.2) is 34.8 Å². The van der Waals surface area contributed by atoms with Gasteiger partial charge in [-0.3, -0.25) is 4.79 Å². The van der Waals surface area contributed by atoms with Crippen LogP contribution in [-0.2, 0) is 0 Å². The second-order valence-corrected chi connectivity index (χ2v) is 5.79. The summed E-state index contributed by atoms with van der Waals surface area (Å²) in [6.45, 7) is 4.77. The van der Waals surface area contributed by atoms with E-state index in [4.69, 9.17) is 0 Å². The lowest BCUT2D eigenvalue weighted by molar-refractivity contribution is 0.102. The highest BCUT2D eigenvalue weighted by molar-refractivity contribution is 9.10. The smallest absolute Gasteiger partial charge is 0.274 e. The highest BCUT2D eigenvalue weighted by Gasteiger charge is 2.12. The molecule has 0 unspecified atom stereocenters. The Morgan fingerprint density at radius 3 is 2.77 bits per heavy atom. The van der Waals surface area contributed by atoms with Gasteiger partial charge in [0.05, 0.1) is 5.69 Å². The molecule has 5 nitrogen and oxygen atoms in total. The third kappa shape index (κ3) is 4.53. The fraction of sp³-hybridized carbons (Fsp3) is 0.312. The Labute approximate surface area is 138 Å². The molecule has 0 saturated heterocycles. The zero-order chi connectivity index (χ0) is 15.9. The summed E-state index contributed by atoms with van der Waals surface area (Å²) in [7, 11) is 0. The topological polar surface area (TPSA) is 66.9 Å². The number of rotatable bonds is 6. The van der Waals surface area contributed by atoms with Gasteiger partial charge in [-0.05, 0) is 47.5 Å². The molecule has 0 radical (unpaired) electrons. The number of anilines is 2. The third-order valence-corrected chi connectivity index (χ3v) is 3.71. The molecule has 1 heterocycles. The van der Waals surface area contributed by atoms with Crippen molar-refractivity contribution >= 4 is 33.5 Å². The van der Waals surface area contributed by atoms with E-state index in [1.165, 1.54) is 0 Å². The number of nitrogens with one attached hydrogen (secondary N) is 2. The van der Waals surface area contributed by atoms with Crippen LogP contribution in [0.5, 0.6) is 0 Å². The van der Waals surface area contributed by atoms with Crippen molar-refractivity contribution in [2.75, 3.05) is 17.2 Å². The molecule has 6 heteroatoms. The van der Waals surface area contributed by atoms with Crippen LogP contribution in [0.3, 0.4) is 0 Å². The average Bonchev–Trinajstić information content (AvgIpc) is 2.49. The Hall–Kier alpha value is -1.95. The van der Waals surface area contributed by atoms with Crippen molar-refractivity contribution in [3.8, 4) is 0 Å². The SMILES string of the molecule is CCCCNc1nc(C)cc(C(=O)Nc2ccccc2Br)n1. The van der Waals surface area contributed by atoms with Crippen molar-refractivity contribution in [1.29, 1.82) is 0 Å². The van der Waals surface area contributed by atoms with Crippen molar-refractivity contribution in [3.63, 3.8) is 0 Å². The van der Waals surface area contributed by atoms with Crippen LogP contribution < -0.4 is 10.6 Å². The van der Waals surface area contributed by atoms with Gasteiger partial charge in [0.1, 0.15) is 5.69 Å². The quantitative estimate of drug-likeness (QED) is 0.761. The van der Waals surface area contributed by atoms with Gasteiger partial charge in [0.2, 0.25) is 5.95 Å². The van der Waals surface area contributed by atoms with Crippen LogP contribution in [0.25, 0.3) is 0 Å². The first-order valence-corrected chi connectivity index (χ1v) is 8.05. The maximum absolute atomic E-state index is 12.4. The Morgan fingerprint density at radius 1 is 1.27 bits per heavy atom. The number of unbranched alkanes of at least 4 members (excludes halogenated alkanes) is 1. The van der Waals surface area contributed by atoms with E-state index >= 15 is 0 Å². The van der Waals surface area contributed by atoms with Gasteiger partial charge in [-0.15, -0.1) is 0 Å². The molecule has 0 atom stereocenters. The zero-order valence-electron chi connectivity index (χ0n) is 12.7. The molecule has 2 aromatic rings. The molecule has 2 N–H and O–H groups in total. The van der Waals surface area contributed by atoms with E-state index in [1.807, 2.05) is 31.2 Å². The van der Waals surface area contributed by atoms with Gasteiger partial charge in [0.25, 0.3) is 5.91 Å². The van der Waals surface area contributed by atoms with E-state index < -0.39 is 0 Å². The standard InChI is InChI=1S/C16H19BrN4O/c1-3-4-9-18-16-19-11(2)10-14(21-16)15(22)20-13-8-6-5-7-12(13)17/h5-8,10H,3-4,9H2,1-2H3,(H,20,22)(H,18,19,21). The van der Waals surface area contributed by atoms with Crippen LogP contribution in [0.4, 0.5) is 11.6 Å². The van der Waals surface area contributed by atoms with Crippen molar-refractivity contribution in [3.05, 3.63) is 46.2 Å². The number of carbonyl (C=O) groups excluding carboxylic acids is 1. The fourth-order valence-electron chi connectivity index (χ4n) is 1.89. The largest absolute Gasteiger partial charge is 0.354 e. The Balaban J connectivity index is 2.13. The molecule has 116 valence electrons. The Bertz CT molecular complexity index is 660. The number of para-hydroxylation sites is 1. The molecule has 1 amide bonds. The minimum absolute atomic E-state index is 0.254. The van der Waals surface area contributed by atoms with E-state index in [1.54, 1.807) is 6.07 Å². The third-order valence-electron chi connectivity index (χ3n) is 3.02. The van der Waals surface area contributed by atoms with Gasteiger partial charge in [0, 0.05) is 16.7 Å². The molecular weight excluding hydrogens is 344 g/mol. The molecule has 0 saturated carbocycles. The van der Waals surface area contributed by atoms with Gasteiger partial charge < -0.3 is 10.6 Å². The molecule has 22 heavy (non-hydrogen) atoms. The molecule has 2 rings (SSSR count). The van der Waals surface area contributed by atoms with Crippen molar-refractivity contribution < 1.29 is 4.79 Å². The maximum Gasteiger partial charge on any atom is 0.274 e. The van der Waals surface area contributed by atoms with E-state index in [9.17, 15) is 4.79 Å². The molecule has 0 bridgehead atoms. The number of benzene rings is 1. The first-order chi connectivity index (χ1) is 10.6. The van der Waals surface area contributed by atoms with Gasteiger partial charge >= 0.3 is 0 Å². The minimum atomic E-state index is -0.254. The summed E-state index contributed by atoms with van der Waals surface area (Å²) in [6, 6.07) is 9.14. The minimum Gasteiger partial charge on any atom is -0.354 e. The molecule has 0 spiro atoms. The number of aryl methyl sites for hydroxylation is 1. The molecule has 0 aliphatic carbocycles. The molecule has 1 aromatic heterocycles. The van der Waals surface area contributed by atoms with Crippen LogP contribution >= 0.6 is 15.9 Å². The predicted molar refractivity (Wildman–Crippen MR) is 92.3 cm³/mol. The van der Waals surface area contributed by atoms with Crippen LogP contribution in [0.1, 0.15) is 35.9 Å². The van der Waals surface area contributed by atoms with Gasteiger partial charge in [0.15, 0.2) is 0 Å². The number of halogens is 1. The van der Waals surface area contributed by atoms with Crippen LogP contribution in [0.2, 0.25) is 0 Å². The maximum atomic E-state index is 12.4. The number of aromatic nitrogens is 2. The summed E-state index contributed by atoms with van der Waals surface area (Å²) in [5.74, 6) is 0.238. The van der Waals surface area contributed by atoms with Crippen molar-refractivity contribution in [2.45, 2.75) is 26.7 Å². The molecule has 0 fully saturated rings. The Kier molecular flexibility index (Phi) is 5.89. The Morgan fingerprint density at radius 2 is 2.05 bits per heavy atom. The van der Waals surface area contributed by atoms with E-state index in [-0.39, 0.29) is 5.91 Å². The lowest BCUT2D eigenvalue weighted by Crippen LogP contribution is -2.16. The highest BCUT2D eigenvalue weighted by Crippen LogP contribution is 2.21. The lowest BCUT2D eigenvalue weighted by atomic mass is 10.3. The number of hydrogen-bond donors (Lipinski definition) is 2. The highest BCUT2D eigenvalue weighted by atomic mass is 79.9. The second kappa shape index (κ2) is 7.89. The van der Waals surface area contributed by atoms with Gasteiger partial charge in [-0.2, -0.15) is 0 Å². The van der Waals surface area contributed by atoms with E-state index in [2.05, 4.69) is 43.5 Å². The number of nitrogens with zero attached hydrogens (tertiary/aromatic N) is 2. The number of amides is 1. The van der Waals surface area contributed by atoms with Crippen molar-refractivity contribution in [2.24, 2.45) is 0 Å². The average molecular weight is 363 g/mol. The first kappa shape index (κ1) is 16.4. The predicted octanol–water partition coefficient (Wildman–Crippen LogP) is 4.01. The molecule has 1 aromatic carbocycles. The number of carbonyl (C=O) groups is 1. The summed E-state index contributed by atoms with van der Waals surface area (Å²) in [5.41, 5.74) is 1.82. The summed E-state index contributed by atoms with van der Waals surface area (Å²) in [6.07, 6.45) is 2.13. The monoisotopic (exact) mass is 362 g/mol. The van der Waals surface area contributed by atoms with Gasteiger partial charge in [-0.1, -0.05) is 25.5 Å². The summed E-state index contributed by atoms with van der Waals surface area (Å²) < 4.78 is 0.829. The molecule has 0 aliphatic rings. The van der Waals surface area contributed by atoms with Crippen LogP contribution in [0, 0.1) is 6.92 Å². The zero-order valence-corrected chi connectivity index (χ0v) is 14.3. The van der Waals surface area contributed by atoms with Gasteiger partial charge in [-0.25, -0.2) is 9.97 Å². The summed E-state index contributed by atoms with van der Waals surface area (Å²) >= 11 is 3.41. The fourth-order valence-corrected chi connectivity index (χ4v) is 2.27. The van der Waals surface area contributed by atoms with E-state index in [0.29, 0.717) is 17.3 Å². The molecular formula is C16H19BrN4O. The number of hydrogen-bond acceptors (Lipinski definition) is 4. The second-order valence-electron chi connectivity index (χ2n) is 4.93. The lowest BCUT2D eigenvalue weighted by Gasteiger charge is -2.09.